The summed E-state index contributed by atoms with van der Waals surface area (Å²) in [5.74, 6) is -0.630. The summed E-state index contributed by atoms with van der Waals surface area (Å²) in [4.78, 5) is 11.1. The van der Waals surface area contributed by atoms with Crippen LogP contribution in [0.3, 0.4) is 0 Å². The number of hydrogen-bond donors (Lipinski definition) is 1. The Bertz CT molecular complexity index is 1130. The molecule has 0 bridgehead atoms. The Morgan fingerprint density at radius 2 is 1.71 bits per heavy atom. The molecule has 176 valence electrons. The van der Waals surface area contributed by atoms with E-state index in [9.17, 15) is 10.1 Å². The fraction of sp³-hybridized carbons (Fsp3) is 0.370. The molecule has 4 rings (SSSR count). The first-order valence-electron chi connectivity index (χ1n) is 11.6. The van der Waals surface area contributed by atoms with Gasteiger partial charge in [-0.2, -0.15) is 10.4 Å². The van der Waals surface area contributed by atoms with Gasteiger partial charge in [-0.25, -0.2) is 4.79 Å². The summed E-state index contributed by atoms with van der Waals surface area (Å²) in [5, 5.41) is 24.2. The number of ether oxygens (including phenoxy) is 1. The van der Waals surface area contributed by atoms with Crippen molar-refractivity contribution in [3.8, 4) is 28.5 Å². The van der Waals surface area contributed by atoms with Gasteiger partial charge in [-0.1, -0.05) is 91.7 Å². The lowest BCUT2D eigenvalue weighted by Gasteiger charge is -2.37. The second-order valence-corrected chi connectivity index (χ2v) is 9.78. The van der Waals surface area contributed by atoms with Crippen LogP contribution in [0.1, 0.15) is 32.1 Å². The minimum Gasteiger partial charge on any atom is -0.480 e. The normalized spacial score (nSPS) is 15.0. The van der Waals surface area contributed by atoms with Crippen molar-refractivity contribution < 1.29 is 14.6 Å². The Morgan fingerprint density at radius 3 is 2.32 bits per heavy atom. The van der Waals surface area contributed by atoms with Crippen molar-refractivity contribution in [3.05, 3.63) is 60.7 Å². The van der Waals surface area contributed by atoms with Gasteiger partial charge in [0.05, 0.1) is 24.1 Å². The molecule has 1 aliphatic carbocycles. The van der Waals surface area contributed by atoms with E-state index < -0.39 is 5.97 Å². The molecule has 0 spiro atoms. The van der Waals surface area contributed by atoms with E-state index in [1.165, 1.54) is 18.2 Å². The van der Waals surface area contributed by atoms with E-state index in [1.54, 1.807) is 0 Å². The van der Waals surface area contributed by atoms with E-state index in [-0.39, 0.29) is 12.0 Å². The van der Waals surface area contributed by atoms with Crippen LogP contribution in [-0.2, 0) is 16.1 Å². The molecule has 2 aromatic carbocycles. The number of carboxylic acid groups (broad SMARTS) is 1. The number of nitriles is 1. The van der Waals surface area contributed by atoms with Gasteiger partial charge in [-0.15, -0.1) is 0 Å². The number of aliphatic carboxylic acids is 1. The molecule has 34 heavy (non-hydrogen) atoms. The predicted molar refractivity (Wildman–Crippen MR) is 133 cm³/mol. The molecular formula is C27H29N3O3S. The van der Waals surface area contributed by atoms with Crippen molar-refractivity contribution in [1.82, 2.24) is 9.78 Å². The molecule has 1 aliphatic rings. The molecule has 1 heterocycles. The monoisotopic (exact) mass is 475 g/mol. The molecule has 7 heteroatoms. The van der Waals surface area contributed by atoms with Gasteiger partial charge in [0.2, 0.25) is 0 Å². The van der Waals surface area contributed by atoms with E-state index in [0.717, 1.165) is 53.1 Å². The summed E-state index contributed by atoms with van der Waals surface area (Å²) >= 11 is 1.45. The van der Waals surface area contributed by atoms with Gasteiger partial charge in [0.15, 0.2) is 0 Å². The maximum Gasteiger partial charge on any atom is 0.329 e. The van der Waals surface area contributed by atoms with E-state index in [4.69, 9.17) is 14.9 Å². The Morgan fingerprint density at radius 1 is 1.06 bits per heavy atom. The quantitative estimate of drug-likeness (QED) is 0.368. The Labute approximate surface area is 204 Å². The fourth-order valence-corrected chi connectivity index (χ4v) is 5.55. The zero-order chi connectivity index (χ0) is 23.8. The third kappa shape index (κ3) is 5.69. The highest BCUT2D eigenvalue weighted by Gasteiger charge is 2.35. The summed E-state index contributed by atoms with van der Waals surface area (Å²) in [6, 6.07) is 22.6. The zero-order valence-electron chi connectivity index (χ0n) is 19.2. The highest BCUT2D eigenvalue weighted by atomic mass is 32.2. The van der Waals surface area contributed by atoms with Gasteiger partial charge in [0, 0.05) is 23.1 Å². The van der Waals surface area contributed by atoms with Gasteiger partial charge in [0.25, 0.3) is 0 Å². The molecule has 0 unspecified atom stereocenters. The third-order valence-electron chi connectivity index (χ3n) is 6.34. The minimum atomic E-state index is -0.948. The molecule has 0 aliphatic heterocycles. The van der Waals surface area contributed by atoms with Gasteiger partial charge in [-0.3, -0.25) is 4.68 Å². The summed E-state index contributed by atoms with van der Waals surface area (Å²) in [6.07, 6.45) is 5.33. The van der Waals surface area contributed by atoms with Crippen molar-refractivity contribution in [2.24, 2.45) is 5.41 Å². The number of hydrogen-bond acceptors (Lipinski definition) is 5. The van der Waals surface area contributed by atoms with Gasteiger partial charge in [0.1, 0.15) is 11.6 Å². The zero-order valence-corrected chi connectivity index (χ0v) is 20.0. The average molecular weight is 476 g/mol. The van der Waals surface area contributed by atoms with E-state index >= 15 is 0 Å². The summed E-state index contributed by atoms with van der Waals surface area (Å²) in [5.41, 5.74) is 4.01. The van der Waals surface area contributed by atoms with Crippen LogP contribution in [0.25, 0.3) is 22.4 Å². The lowest BCUT2D eigenvalue weighted by molar-refractivity contribution is -0.144. The maximum absolute atomic E-state index is 11.1. The number of carboxylic acids is 1. The van der Waals surface area contributed by atoms with Crippen LogP contribution < -0.4 is 0 Å². The summed E-state index contributed by atoms with van der Waals surface area (Å²) in [6.45, 7) is 0.753. The summed E-state index contributed by atoms with van der Waals surface area (Å²) < 4.78 is 7.73. The van der Waals surface area contributed by atoms with Crippen LogP contribution in [0, 0.1) is 16.7 Å². The van der Waals surface area contributed by atoms with E-state index in [1.807, 2.05) is 36.4 Å². The van der Waals surface area contributed by atoms with Crippen molar-refractivity contribution in [3.63, 3.8) is 0 Å². The van der Waals surface area contributed by atoms with Crippen LogP contribution in [-0.4, -0.2) is 39.8 Å². The number of aromatic nitrogens is 2. The first-order valence-corrected chi connectivity index (χ1v) is 12.6. The Kier molecular flexibility index (Phi) is 8.04. The largest absolute Gasteiger partial charge is 0.480 e. The molecule has 1 saturated carbocycles. The third-order valence-corrected chi connectivity index (χ3v) is 7.17. The van der Waals surface area contributed by atoms with Crippen LogP contribution in [0.4, 0.5) is 0 Å². The van der Waals surface area contributed by atoms with Gasteiger partial charge >= 0.3 is 5.97 Å². The van der Waals surface area contributed by atoms with Crippen molar-refractivity contribution in [1.29, 1.82) is 5.26 Å². The van der Waals surface area contributed by atoms with Gasteiger partial charge < -0.3 is 9.84 Å². The molecule has 0 atom stereocenters. The van der Waals surface area contributed by atoms with Crippen molar-refractivity contribution in [2.45, 2.75) is 43.7 Å². The molecule has 1 N–H and O–H groups in total. The molecular weight excluding hydrogens is 446 g/mol. The SMILES string of the molecule is N#CCSc1nn(CC2(COCC(=O)O)CCCCC2)c(-c2ccccc2)c1-c1ccccc1. The number of benzene rings is 2. The first kappa shape index (κ1) is 24.1. The molecule has 1 aromatic heterocycles. The number of carbonyl (C=O) groups is 1. The standard InChI is InChI=1S/C27H29N3O3S/c28-16-17-34-26-24(21-10-4-1-5-11-21)25(22-12-6-2-7-13-22)30(29-26)19-27(14-8-3-9-15-27)20-33-18-23(31)32/h1-2,4-7,10-13H,3,8-9,14-15,17-20H2,(H,31,32). The average Bonchev–Trinajstić information content (AvgIpc) is 3.21. The molecule has 1 fully saturated rings. The van der Waals surface area contributed by atoms with Gasteiger partial charge in [-0.05, 0) is 18.4 Å². The smallest absolute Gasteiger partial charge is 0.329 e. The van der Waals surface area contributed by atoms with E-state index in [2.05, 4.69) is 35.0 Å². The number of thioether (sulfide) groups is 1. The second kappa shape index (κ2) is 11.4. The summed E-state index contributed by atoms with van der Waals surface area (Å²) in [7, 11) is 0. The first-order chi connectivity index (χ1) is 16.6. The van der Waals surface area contributed by atoms with Crippen LogP contribution in [0.5, 0.6) is 0 Å². The second-order valence-electron chi connectivity index (χ2n) is 8.81. The Balaban J connectivity index is 1.81. The van der Waals surface area contributed by atoms with E-state index in [0.29, 0.717) is 18.9 Å². The lowest BCUT2D eigenvalue weighted by Crippen LogP contribution is -2.35. The van der Waals surface area contributed by atoms with Crippen LogP contribution in [0.15, 0.2) is 65.7 Å². The van der Waals surface area contributed by atoms with Crippen LogP contribution >= 0.6 is 11.8 Å². The predicted octanol–water partition coefficient (Wildman–Crippen LogP) is 5.88. The molecule has 0 saturated heterocycles. The molecule has 0 radical (unpaired) electrons. The molecule has 3 aromatic rings. The molecule has 0 amide bonds. The van der Waals surface area contributed by atoms with Crippen molar-refractivity contribution in [2.75, 3.05) is 19.0 Å². The lowest BCUT2D eigenvalue weighted by atomic mass is 9.74. The molecule has 6 nitrogen and oxygen atoms in total. The Hall–Kier alpha value is -3.08. The number of rotatable bonds is 10. The highest BCUT2D eigenvalue weighted by molar-refractivity contribution is 7.99. The van der Waals surface area contributed by atoms with Crippen molar-refractivity contribution >= 4 is 17.7 Å². The maximum atomic E-state index is 11.1. The topological polar surface area (TPSA) is 88.1 Å². The van der Waals surface area contributed by atoms with Crippen LogP contribution in [0.2, 0.25) is 0 Å². The highest BCUT2D eigenvalue weighted by Crippen LogP contribution is 2.43. The number of nitrogens with zero attached hydrogens (tertiary/aromatic N) is 3. The fourth-order valence-electron chi connectivity index (χ4n) is 4.83. The minimum absolute atomic E-state index is 0.172.